The fourth-order valence-corrected chi connectivity index (χ4v) is 5.86. The molecule has 2 fully saturated rings. The van der Waals surface area contributed by atoms with Gasteiger partial charge in [0.2, 0.25) is 15.9 Å². The van der Waals surface area contributed by atoms with Crippen LogP contribution in [0.15, 0.2) is 48.5 Å². The first-order valence-corrected chi connectivity index (χ1v) is 13.2. The van der Waals surface area contributed by atoms with Crippen molar-refractivity contribution in [2.75, 3.05) is 46.9 Å². The Morgan fingerprint density at radius 1 is 1.00 bits per heavy atom. The van der Waals surface area contributed by atoms with E-state index in [9.17, 15) is 13.2 Å². The smallest absolute Gasteiger partial charge is 0.236 e. The lowest BCUT2D eigenvalue weighted by atomic mass is 10.1. The first-order valence-electron chi connectivity index (χ1n) is 11.6. The number of ether oxygens (including phenoxy) is 2. The van der Waals surface area contributed by atoms with Gasteiger partial charge in [-0.25, -0.2) is 8.42 Å². The minimum atomic E-state index is -3.41. The van der Waals surface area contributed by atoms with E-state index in [0.717, 1.165) is 35.5 Å². The average Bonchev–Trinajstić information content (AvgIpc) is 3.69. The Balaban J connectivity index is 1.34. The first kappa shape index (κ1) is 24.5. The lowest BCUT2D eigenvalue weighted by Gasteiger charge is -2.35. The SMILES string of the molecule is COc1ccc(OC)c(CN(CC(=O)N2CCN(S(=O)(=O)Cc3ccccc3)CC2)C2CC2)c1. The normalized spacial score (nSPS) is 17.1. The van der Waals surface area contributed by atoms with Gasteiger partial charge in [0.25, 0.3) is 0 Å². The molecule has 2 aromatic rings. The van der Waals surface area contributed by atoms with Crippen molar-refractivity contribution in [3.63, 3.8) is 0 Å². The van der Waals surface area contributed by atoms with E-state index in [-0.39, 0.29) is 11.7 Å². The summed E-state index contributed by atoms with van der Waals surface area (Å²) in [6.07, 6.45) is 2.15. The van der Waals surface area contributed by atoms with Crippen LogP contribution in [0.5, 0.6) is 11.5 Å². The molecule has 0 unspecified atom stereocenters. The molecule has 0 atom stereocenters. The van der Waals surface area contributed by atoms with Gasteiger partial charge in [-0.2, -0.15) is 4.31 Å². The summed E-state index contributed by atoms with van der Waals surface area (Å²) in [5.41, 5.74) is 1.76. The number of nitrogens with zero attached hydrogens (tertiary/aromatic N) is 3. The molecule has 1 amide bonds. The van der Waals surface area contributed by atoms with Gasteiger partial charge in [0.15, 0.2) is 0 Å². The number of sulfonamides is 1. The number of hydrogen-bond acceptors (Lipinski definition) is 6. The van der Waals surface area contributed by atoms with Gasteiger partial charge in [0.1, 0.15) is 11.5 Å². The van der Waals surface area contributed by atoms with Crippen LogP contribution >= 0.6 is 0 Å². The summed E-state index contributed by atoms with van der Waals surface area (Å²) in [6.45, 7) is 2.38. The van der Waals surface area contributed by atoms with E-state index in [0.29, 0.717) is 45.3 Å². The van der Waals surface area contributed by atoms with E-state index in [2.05, 4.69) is 4.90 Å². The molecule has 1 saturated heterocycles. The third-order valence-corrected chi connectivity index (χ3v) is 8.29. The van der Waals surface area contributed by atoms with Crippen LogP contribution in [0.25, 0.3) is 0 Å². The van der Waals surface area contributed by atoms with Gasteiger partial charge in [-0.1, -0.05) is 30.3 Å². The second-order valence-corrected chi connectivity index (χ2v) is 10.8. The third kappa shape index (κ3) is 6.08. The maximum Gasteiger partial charge on any atom is 0.236 e. The van der Waals surface area contributed by atoms with Crippen molar-refractivity contribution in [3.8, 4) is 11.5 Å². The van der Waals surface area contributed by atoms with Crippen LogP contribution in [-0.2, 0) is 27.1 Å². The maximum absolute atomic E-state index is 13.1. The van der Waals surface area contributed by atoms with Crippen molar-refractivity contribution in [3.05, 3.63) is 59.7 Å². The molecule has 0 N–H and O–H groups in total. The quantitative estimate of drug-likeness (QED) is 0.512. The molecule has 9 heteroatoms. The van der Waals surface area contributed by atoms with Gasteiger partial charge in [-0.05, 0) is 36.6 Å². The zero-order valence-electron chi connectivity index (χ0n) is 19.9. The number of piperazine rings is 1. The standard InChI is InChI=1S/C25H33N3O5S/c1-32-23-10-11-24(33-2)21(16-23)17-27(22-8-9-22)18-25(29)26-12-14-28(15-13-26)34(30,31)19-20-6-4-3-5-7-20/h3-7,10-11,16,22H,8-9,12-15,17-19H2,1-2H3. The van der Waals surface area contributed by atoms with E-state index in [1.54, 1.807) is 19.1 Å². The number of carbonyl (C=O) groups excluding carboxylic acids is 1. The number of rotatable bonds is 10. The van der Waals surface area contributed by atoms with Crippen molar-refractivity contribution in [2.24, 2.45) is 0 Å². The number of amides is 1. The van der Waals surface area contributed by atoms with Crippen LogP contribution in [0.3, 0.4) is 0 Å². The summed E-state index contributed by atoms with van der Waals surface area (Å²) >= 11 is 0. The van der Waals surface area contributed by atoms with Crippen molar-refractivity contribution in [1.29, 1.82) is 0 Å². The summed E-state index contributed by atoms with van der Waals surface area (Å²) in [7, 11) is -0.133. The van der Waals surface area contributed by atoms with Crippen molar-refractivity contribution in [1.82, 2.24) is 14.1 Å². The molecular weight excluding hydrogens is 454 g/mol. The van der Waals surface area contributed by atoms with Crippen LogP contribution < -0.4 is 9.47 Å². The van der Waals surface area contributed by atoms with Crippen LogP contribution in [-0.4, -0.2) is 81.4 Å². The summed E-state index contributed by atoms with van der Waals surface area (Å²) < 4.78 is 38.0. The lowest BCUT2D eigenvalue weighted by Crippen LogP contribution is -2.52. The monoisotopic (exact) mass is 487 g/mol. The van der Waals surface area contributed by atoms with Gasteiger partial charge in [0.05, 0.1) is 26.5 Å². The highest BCUT2D eigenvalue weighted by atomic mass is 32.2. The van der Waals surface area contributed by atoms with Crippen molar-refractivity contribution >= 4 is 15.9 Å². The molecule has 8 nitrogen and oxygen atoms in total. The van der Waals surface area contributed by atoms with Crippen molar-refractivity contribution in [2.45, 2.75) is 31.2 Å². The second-order valence-electron chi connectivity index (χ2n) is 8.84. The Labute approximate surface area is 202 Å². The lowest BCUT2D eigenvalue weighted by molar-refractivity contribution is -0.133. The molecule has 1 saturated carbocycles. The number of hydrogen-bond donors (Lipinski definition) is 0. The van der Waals surface area contributed by atoms with Crippen LogP contribution in [0.1, 0.15) is 24.0 Å². The van der Waals surface area contributed by atoms with Gasteiger partial charge in [-0.15, -0.1) is 0 Å². The van der Waals surface area contributed by atoms with Crippen LogP contribution in [0, 0.1) is 0 Å². The van der Waals surface area contributed by atoms with Crippen LogP contribution in [0.2, 0.25) is 0 Å². The Hall–Kier alpha value is -2.62. The fraction of sp³-hybridized carbons (Fsp3) is 0.480. The molecular formula is C25H33N3O5S. The number of benzene rings is 2. The van der Waals surface area contributed by atoms with E-state index >= 15 is 0 Å². The molecule has 184 valence electrons. The Morgan fingerprint density at radius 2 is 1.71 bits per heavy atom. The largest absolute Gasteiger partial charge is 0.497 e. The molecule has 1 aliphatic carbocycles. The topological polar surface area (TPSA) is 79.4 Å². The molecule has 2 aromatic carbocycles. The summed E-state index contributed by atoms with van der Waals surface area (Å²) in [4.78, 5) is 17.1. The zero-order chi connectivity index (χ0) is 24.1. The van der Waals surface area contributed by atoms with Gasteiger partial charge >= 0.3 is 0 Å². The molecule has 4 rings (SSSR count). The highest BCUT2D eigenvalue weighted by molar-refractivity contribution is 7.88. The highest BCUT2D eigenvalue weighted by Crippen LogP contribution is 2.32. The molecule has 2 aliphatic rings. The fourth-order valence-electron chi connectivity index (χ4n) is 4.34. The highest BCUT2D eigenvalue weighted by Gasteiger charge is 2.34. The minimum Gasteiger partial charge on any atom is -0.497 e. The molecule has 0 radical (unpaired) electrons. The predicted octanol–water partition coefficient (Wildman–Crippen LogP) is 2.34. The van der Waals surface area contributed by atoms with E-state index in [1.807, 2.05) is 48.5 Å². The minimum absolute atomic E-state index is 0.0143. The number of carbonyl (C=O) groups is 1. The van der Waals surface area contributed by atoms with E-state index < -0.39 is 10.0 Å². The van der Waals surface area contributed by atoms with Crippen molar-refractivity contribution < 1.29 is 22.7 Å². The van der Waals surface area contributed by atoms with Gasteiger partial charge in [0, 0.05) is 44.3 Å². The zero-order valence-corrected chi connectivity index (χ0v) is 20.7. The molecule has 34 heavy (non-hydrogen) atoms. The predicted molar refractivity (Wildman–Crippen MR) is 130 cm³/mol. The second kappa shape index (κ2) is 10.8. The third-order valence-electron chi connectivity index (χ3n) is 6.44. The van der Waals surface area contributed by atoms with Gasteiger partial charge in [-0.3, -0.25) is 9.69 Å². The molecule has 1 heterocycles. The summed E-state index contributed by atoms with van der Waals surface area (Å²) in [5.74, 6) is 1.55. The van der Waals surface area contributed by atoms with Gasteiger partial charge < -0.3 is 14.4 Å². The number of methoxy groups -OCH3 is 2. The maximum atomic E-state index is 13.1. The first-order chi connectivity index (χ1) is 16.4. The molecule has 0 spiro atoms. The van der Waals surface area contributed by atoms with Crippen LogP contribution in [0.4, 0.5) is 0 Å². The summed E-state index contributed by atoms with van der Waals surface area (Å²) in [5, 5.41) is 0. The summed E-state index contributed by atoms with van der Waals surface area (Å²) in [6, 6.07) is 15.3. The molecule has 1 aliphatic heterocycles. The van der Waals surface area contributed by atoms with E-state index in [1.165, 1.54) is 4.31 Å². The Kier molecular flexibility index (Phi) is 7.75. The molecule has 0 bridgehead atoms. The van der Waals surface area contributed by atoms with E-state index in [4.69, 9.17) is 9.47 Å². The Morgan fingerprint density at radius 3 is 2.32 bits per heavy atom. The average molecular weight is 488 g/mol. The Bertz CT molecular complexity index is 1080. The molecule has 0 aromatic heterocycles.